The first-order valence-electron chi connectivity index (χ1n) is 10.9. The summed E-state index contributed by atoms with van der Waals surface area (Å²) in [6.07, 6.45) is 4.60. The summed E-state index contributed by atoms with van der Waals surface area (Å²) in [5.41, 5.74) is 4.94. The van der Waals surface area contributed by atoms with E-state index in [1.54, 1.807) is 6.07 Å². The third-order valence-corrected chi connectivity index (χ3v) is 7.76. The first-order valence-corrected chi connectivity index (χ1v) is 10.9. The largest absolute Gasteiger partial charge is 0.507 e. The van der Waals surface area contributed by atoms with Crippen molar-refractivity contribution in [1.29, 1.82) is 0 Å². The average Bonchev–Trinajstić information content (AvgIpc) is 3.49. The van der Waals surface area contributed by atoms with Crippen molar-refractivity contribution in [2.24, 2.45) is 11.7 Å². The van der Waals surface area contributed by atoms with Crippen LogP contribution >= 0.6 is 0 Å². The highest BCUT2D eigenvalue weighted by Gasteiger charge is 2.62. The van der Waals surface area contributed by atoms with Crippen molar-refractivity contribution >= 4 is 11.7 Å². The molecular weight excluding hydrogens is 368 g/mol. The van der Waals surface area contributed by atoms with E-state index in [1.807, 2.05) is 19.9 Å². The average molecular weight is 401 g/mol. The summed E-state index contributed by atoms with van der Waals surface area (Å²) >= 11 is 0. The normalized spacial score (nSPS) is 32.8. The monoisotopic (exact) mass is 400 g/mol. The highest BCUT2D eigenvalue weighted by atomic mass is 16.3. The molecule has 2 saturated carbocycles. The Kier molecular flexibility index (Phi) is 4.98. The molecule has 1 aliphatic heterocycles. The van der Waals surface area contributed by atoms with Gasteiger partial charge in [-0.3, -0.25) is 14.5 Å². The highest BCUT2D eigenvalue weighted by Crippen LogP contribution is 2.56. The second-order valence-electron chi connectivity index (χ2n) is 9.30. The summed E-state index contributed by atoms with van der Waals surface area (Å²) in [5, 5.41) is 23.3. The first-order chi connectivity index (χ1) is 13.7. The maximum atomic E-state index is 12.6. The van der Waals surface area contributed by atoms with Gasteiger partial charge in [0.25, 0.3) is 5.91 Å². The zero-order valence-electron chi connectivity index (χ0n) is 17.4. The first kappa shape index (κ1) is 20.4. The highest BCUT2D eigenvalue weighted by molar-refractivity contribution is 5.96. The lowest BCUT2D eigenvalue weighted by atomic mass is 9.52. The number of carbonyl (C=O) groups is 2. The van der Waals surface area contributed by atoms with Crippen molar-refractivity contribution in [2.75, 3.05) is 13.1 Å². The third kappa shape index (κ3) is 3.08. The lowest BCUT2D eigenvalue weighted by molar-refractivity contribution is -0.165. The number of aliphatic hydroxyl groups is 1. The fourth-order valence-corrected chi connectivity index (χ4v) is 5.86. The number of piperidine rings is 1. The van der Waals surface area contributed by atoms with Crippen LogP contribution in [0.2, 0.25) is 0 Å². The number of nitrogens with two attached hydrogens (primary N) is 1. The molecule has 1 aromatic carbocycles. The quantitative estimate of drug-likeness (QED) is 0.703. The summed E-state index contributed by atoms with van der Waals surface area (Å²) in [6, 6.07) is 3.22. The van der Waals surface area contributed by atoms with Gasteiger partial charge in [-0.25, -0.2) is 0 Å². The Morgan fingerprint density at radius 3 is 2.66 bits per heavy atom. The number of primary amides is 1. The van der Waals surface area contributed by atoms with Crippen LogP contribution in [0.25, 0.3) is 0 Å². The second-order valence-corrected chi connectivity index (χ2v) is 9.30. The lowest BCUT2D eigenvalue weighted by Crippen LogP contribution is -2.70. The molecule has 3 fully saturated rings. The van der Waals surface area contributed by atoms with Gasteiger partial charge in [0, 0.05) is 36.4 Å². The van der Waals surface area contributed by atoms with Crippen LogP contribution < -0.4 is 5.73 Å². The molecule has 3 aliphatic rings. The van der Waals surface area contributed by atoms with E-state index in [4.69, 9.17) is 5.73 Å². The van der Waals surface area contributed by atoms with E-state index in [1.165, 1.54) is 12.8 Å². The van der Waals surface area contributed by atoms with Gasteiger partial charge in [0.05, 0.1) is 11.2 Å². The zero-order valence-corrected chi connectivity index (χ0v) is 17.4. The van der Waals surface area contributed by atoms with Crippen LogP contribution in [0.3, 0.4) is 0 Å². The van der Waals surface area contributed by atoms with Gasteiger partial charge < -0.3 is 15.9 Å². The van der Waals surface area contributed by atoms with E-state index in [-0.39, 0.29) is 29.6 Å². The summed E-state index contributed by atoms with van der Waals surface area (Å²) in [4.78, 5) is 26.9. The molecule has 6 nitrogen and oxygen atoms in total. The molecule has 1 heterocycles. The summed E-state index contributed by atoms with van der Waals surface area (Å²) < 4.78 is 0. The predicted molar refractivity (Wildman–Crippen MR) is 110 cm³/mol. The van der Waals surface area contributed by atoms with E-state index in [0.717, 1.165) is 18.7 Å². The van der Waals surface area contributed by atoms with Crippen molar-refractivity contribution < 1.29 is 19.8 Å². The standard InChI is InChI=1S/C23H32N2O4/c1-3-16-6-7-18(21(24)28)20(27)19(16)22-10-11-25(13-15-4-5-15)14(2)23(22,29)9-8-17(26)12-22/h6-7,14-15,27,29H,3-5,8-13H2,1-2H3,(H2,24,28)/t14?,22-,23-/m1/s1. The fraction of sp³-hybridized carbons (Fsp3) is 0.652. The summed E-state index contributed by atoms with van der Waals surface area (Å²) in [6.45, 7) is 5.76. The minimum absolute atomic E-state index is 0.0556. The Morgan fingerprint density at radius 1 is 1.31 bits per heavy atom. The van der Waals surface area contributed by atoms with Crippen molar-refractivity contribution in [1.82, 2.24) is 4.90 Å². The van der Waals surface area contributed by atoms with Gasteiger partial charge in [-0.1, -0.05) is 13.0 Å². The number of fused-ring (bicyclic) bond motifs is 1. The zero-order chi connectivity index (χ0) is 21.0. The smallest absolute Gasteiger partial charge is 0.252 e. The van der Waals surface area contributed by atoms with E-state index in [2.05, 4.69) is 4.90 Å². The van der Waals surface area contributed by atoms with Gasteiger partial charge in [-0.05, 0) is 63.1 Å². The van der Waals surface area contributed by atoms with Crippen molar-refractivity contribution in [2.45, 2.75) is 75.9 Å². The van der Waals surface area contributed by atoms with Gasteiger partial charge in [0.15, 0.2) is 0 Å². The van der Waals surface area contributed by atoms with Gasteiger partial charge in [-0.15, -0.1) is 0 Å². The molecule has 0 bridgehead atoms. The van der Waals surface area contributed by atoms with E-state index < -0.39 is 16.9 Å². The Balaban J connectivity index is 1.88. The maximum absolute atomic E-state index is 12.6. The van der Waals surface area contributed by atoms with Gasteiger partial charge in [0.2, 0.25) is 0 Å². The molecule has 1 unspecified atom stereocenters. The Morgan fingerprint density at radius 2 is 2.03 bits per heavy atom. The topological polar surface area (TPSA) is 104 Å². The number of phenols is 1. The number of ketones is 1. The molecule has 4 N–H and O–H groups in total. The second kappa shape index (κ2) is 7.10. The number of nitrogens with zero attached hydrogens (tertiary/aromatic N) is 1. The SMILES string of the molecule is CCc1ccc(C(N)=O)c(O)c1[C@]12CCN(CC3CC3)C(C)[C@]1(O)CCC(=O)C2. The minimum atomic E-state index is -1.15. The van der Waals surface area contributed by atoms with Crippen LogP contribution in [0.1, 0.15) is 73.9 Å². The molecule has 0 aromatic heterocycles. The number of hydrogen-bond acceptors (Lipinski definition) is 5. The molecule has 158 valence electrons. The van der Waals surface area contributed by atoms with Crippen LogP contribution in [0.4, 0.5) is 0 Å². The van der Waals surface area contributed by atoms with E-state index in [0.29, 0.717) is 37.2 Å². The number of amides is 1. The molecule has 29 heavy (non-hydrogen) atoms. The van der Waals surface area contributed by atoms with E-state index in [9.17, 15) is 19.8 Å². The van der Waals surface area contributed by atoms with Crippen molar-refractivity contribution in [3.63, 3.8) is 0 Å². The molecule has 3 atom stereocenters. The Bertz CT molecular complexity index is 850. The molecule has 1 saturated heterocycles. The number of aryl methyl sites for hydroxylation is 1. The summed E-state index contributed by atoms with van der Waals surface area (Å²) in [5.74, 6) is -0.0551. The number of benzene rings is 1. The Labute approximate surface area is 172 Å². The van der Waals surface area contributed by atoms with Crippen molar-refractivity contribution in [3.05, 3.63) is 28.8 Å². The van der Waals surface area contributed by atoms with Crippen LogP contribution in [-0.4, -0.2) is 51.5 Å². The minimum Gasteiger partial charge on any atom is -0.507 e. The number of Topliss-reactive ketones (excluding diaryl/α,β-unsaturated/α-hetero) is 1. The third-order valence-electron chi connectivity index (χ3n) is 7.76. The number of rotatable bonds is 5. The molecule has 0 spiro atoms. The van der Waals surface area contributed by atoms with Gasteiger partial charge in [-0.2, -0.15) is 0 Å². The predicted octanol–water partition coefficient (Wildman–Crippen LogP) is 2.28. The van der Waals surface area contributed by atoms with Crippen LogP contribution in [0.5, 0.6) is 5.75 Å². The van der Waals surface area contributed by atoms with Crippen LogP contribution in [-0.2, 0) is 16.6 Å². The number of aromatic hydroxyl groups is 1. The molecule has 4 rings (SSSR count). The van der Waals surface area contributed by atoms with E-state index >= 15 is 0 Å². The van der Waals surface area contributed by atoms with Crippen LogP contribution in [0.15, 0.2) is 12.1 Å². The molecule has 1 amide bonds. The molecule has 0 radical (unpaired) electrons. The fourth-order valence-electron chi connectivity index (χ4n) is 5.86. The number of hydrogen-bond donors (Lipinski definition) is 3. The number of likely N-dealkylation sites (tertiary alicyclic amines) is 1. The maximum Gasteiger partial charge on any atom is 0.252 e. The molecule has 6 heteroatoms. The summed E-state index contributed by atoms with van der Waals surface area (Å²) in [7, 11) is 0. The number of carbonyl (C=O) groups excluding carboxylic acids is 2. The molecule has 1 aromatic rings. The van der Waals surface area contributed by atoms with Gasteiger partial charge >= 0.3 is 0 Å². The van der Waals surface area contributed by atoms with Crippen LogP contribution in [0, 0.1) is 5.92 Å². The lowest BCUT2D eigenvalue weighted by Gasteiger charge is -2.60. The molecule has 2 aliphatic carbocycles. The molecular formula is C23H32N2O4. The Hall–Kier alpha value is -1.92. The van der Waals surface area contributed by atoms with Gasteiger partial charge in [0.1, 0.15) is 11.5 Å². The van der Waals surface area contributed by atoms with Crippen molar-refractivity contribution in [3.8, 4) is 5.75 Å².